The van der Waals surface area contributed by atoms with Gasteiger partial charge in [-0.2, -0.15) is 0 Å². The minimum absolute atomic E-state index is 0.389. The number of allylic oxidation sites excluding steroid dienone is 2. The van der Waals surface area contributed by atoms with E-state index in [1.54, 1.807) is 5.56 Å². The quantitative estimate of drug-likeness (QED) is 0.460. The summed E-state index contributed by atoms with van der Waals surface area (Å²) in [5.41, 5.74) is 8.87. The lowest BCUT2D eigenvalue weighted by molar-refractivity contribution is 0.351. The molecule has 1 N–H and O–H groups in total. The number of nitrogens with zero attached hydrogens (tertiary/aromatic N) is 2. The molecule has 0 fully saturated rings. The van der Waals surface area contributed by atoms with Crippen LogP contribution < -0.4 is 10.2 Å². The van der Waals surface area contributed by atoms with Crippen molar-refractivity contribution in [1.82, 2.24) is 5.32 Å². The Balaban J connectivity index is 1.11. The van der Waals surface area contributed by atoms with Gasteiger partial charge in [-0.25, -0.2) is 0 Å². The van der Waals surface area contributed by atoms with Crippen molar-refractivity contribution >= 4 is 17.5 Å². The minimum atomic E-state index is 0.389. The number of para-hydroxylation sites is 1. The molecule has 2 heterocycles. The third kappa shape index (κ3) is 4.34. The summed E-state index contributed by atoms with van der Waals surface area (Å²) in [5, 5.41) is 4.15. The summed E-state index contributed by atoms with van der Waals surface area (Å²) < 4.78 is 0. The summed E-state index contributed by atoms with van der Waals surface area (Å²) >= 11 is 0. The summed E-state index contributed by atoms with van der Waals surface area (Å²) in [4.78, 5) is 7.23. The zero-order valence-electron chi connectivity index (χ0n) is 21.6. The van der Waals surface area contributed by atoms with Gasteiger partial charge in [0.05, 0.1) is 6.54 Å². The second kappa shape index (κ2) is 9.95. The first-order valence-electron chi connectivity index (χ1n) is 14.3. The van der Waals surface area contributed by atoms with Crippen LogP contribution in [0.1, 0.15) is 62.0 Å². The average molecular weight is 488 g/mol. The molecule has 3 aliphatic carbocycles. The molecule has 2 aromatic carbocycles. The predicted octanol–water partition coefficient (Wildman–Crippen LogP) is 7.00. The molecule has 0 aromatic heterocycles. The van der Waals surface area contributed by atoms with Gasteiger partial charge in [0.25, 0.3) is 0 Å². The Bertz CT molecular complexity index is 1300. The van der Waals surface area contributed by atoms with Gasteiger partial charge in [0, 0.05) is 42.0 Å². The third-order valence-electron chi connectivity index (χ3n) is 9.23. The van der Waals surface area contributed by atoms with E-state index in [9.17, 15) is 0 Å². The molecule has 2 aromatic rings. The molecule has 5 atom stereocenters. The lowest BCUT2D eigenvalue weighted by Crippen LogP contribution is -2.50. The van der Waals surface area contributed by atoms with Gasteiger partial charge < -0.3 is 10.2 Å². The van der Waals surface area contributed by atoms with Crippen molar-refractivity contribution in [2.45, 2.75) is 75.0 Å². The molecule has 37 heavy (non-hydrogen) atoms. The van der Waals surface area contributed by atoms with Crippen molar-refractivity contribution in [3.8, 4) is 0 Å². The van der Waals surface area contributed by atoms with E-state index in [-0.39, 0.29) is 0 Å². The first-order chi connectivity index (χ1) is 18.3. The molecule has 188 valence electrons. The number of benzene rings is 2. The Hall–Kier alpha value is -3.17. The van der Waals surface area contributed by atoms with Gasteiger partial charge in [-0.1, -0.05) is 72.8 Å². The van der Waals surface area contributed by atoms with Crippen LogP contribution in [0.5, 0.6) is 0 Å². The summed E-state index contributed by atoms with van der Waals surface area (Å²) in [6.45, 7) is 0.869. The van der Waals surface area contributed by atoms with E-state index in [1.807, 2.05) is 6.21 Å². The van der Waals surface area contributed by atoms with Crippen LogP contribution in [-0.4, -0.2) is 36.9 Å². The molecular weight excluding hydrogens is 450 g/mol. The molecule has 0 bridgehead atoms. The molecular formula is C34H37N3. The smallest absolute Gasteiger partial charge is 0.0642 e. The molecule has 0 amide bonds. The minimum Gasteiger partial charge on any atom is -0.364 e. The van der Waals surface area contributed by atoms with Gasteiger partial charge in [-0.15, -0.1) is 0 Å². The number of aliphatic imine (C=N–C) groups is 1. The largest absolute Gasteiger partial charge is 0.364 e. The topological polar surface area (TPSA) is 27.6 Å². The molecule has 0 radical (unpaired) electrons. The van der Waals surface area contributed by atoms with Gasteiger partial charge in [0.15, 0.2) is 0 Å². The van der Waals surface area contributed by atoms with E-state index in [0.717, 1.165) is 32.2 Å². The maximum atomic E-state index is 4.41. The molecule has 5 unspecified atom stereocenters. The highest BCUT2D eigenvalue weighted by atomic mass is 15.2. The van der Waals surface area contributed by atoms with Crippen molar-refractivity contribution < 1.29 is 0 Å². The molecule has 0 saturated carbocycles. The van der Waals surface area contributed by atoms with Crippen LogP contribution in [0.2, 0.25) is 0 Å². The fourth-order valence-electron chi connectivity index (χ4n) is 7.50. The lowest BCUT2D eigenvalue weighted by Gasteiger charge is -2.42. The summed E-state index contributed by atoms with van der Waals surface area (Å²) in [6.07, 6.45) is 22.3. The number of rotatable bonds is 5. The molecule has 0 spiro atoms. The highest BCUT2D eigenvalue weighted by molar-refractivity contribution is 5.77. The first kappa shape index (κ1) is 23.0. The van der Waals surface area contributed by atoms with E-state index in [4.69, 9.17) is 0 Å². The van der Waals surface area contributed by atoms with E-state index in [2.05, 4.69) is 100 Å². The maximum Gasteiger partial charge on any atom is 0.0642 e. The van der Waals surface area contributed by atoms with E-state index < -0.39 is 0 Å². The lowest BCUT2D eigenvalue weighted by atomic mass is 9.80. The number of anilines is 1. The van der Waals surface area contributed by atoms with Crippen molar-refractivity contribution in [1.29, 1.82) is 0 Å². The Kier molecular flexibility index (Phi) is 6.18. The van der Waals surface area contributed by atoms with Crippen LogP contribution in [0.15, 0.2) is 101 Å². The Morgan fingerprint density at radius 1 is 0.865 bits per heavy atom. The predicted molar refractivity (Wildman–Crippen MR) is 155 cm³/mol. The van der Waals surface area contributed by atoms with Crippen LogP contribution >= 0.6 is 0 Å². The zero-order valence-corrected chi connectivity index (χ0v) is 21.6. The third-order valence-corrected chi connectivity index (χ3v) is 9.23. The van der Waals surface area contributed by atoms with Crippen LogP contribution in [0.3, 0.4) is 0 Å². The Labute approximate surface area is 221 Å². The van der Waals surface area contributed by atoms with Gasteiger partial charge >= 0.3 is 0 Å². The van der Waals surface area contributed by atoms with Crippen LogP contribution in [0, 0.1) is 0 Å². The maximum absolute atomic E-state index is 4.41. The fourth-order valence-corrected chi connectivity index (χ4v) is 7.50. The van der Waals surface area contributed by atoms with Gasteiger partial charge in [-0.05, 0) is 84.9 Å². The number of hydrogen-bond donors (Lipinski definition) is 1. The van der Waals surface area contributed by atoms with Gasteiger partial charge in [-0.3, -0.25) is 4.99 Å². The zero-order chi connectivity index (χ0) is 24.6. The van der Waals surface area contributed by atoms with Crippen molar-refractivity contribution in [3.63, 3.8) is 0 Å². The fraction of sp³-hybridized carbons (Fsp3) is 0.382. The highest BCUT2D eigenvalue weighted by Crippen LogP contribution is 2.49. The Morgan fingerprint density at radius 3 is 2.59 bits per heavy atom. The van der Waals surface area contributed by atoms with Crippen LogP contribution in [0.4, 0.5) is 5.69 Å². The van der Waals surface area contributed by atoms with Crippen molar-refractivity contribution in [2.75, 3.05) is 11.4 Å². The number of nitrogens with one attached hydrogen (secondary N) is 1. The molecule has 2 aliphatic heterocycles. The highest BCUT2D eigenvalue weighted by Gasteiger charge is 2.45. The average Bonchev–Trinajstić information content (AvgIpc) is 3.61. The normalized spacial score (nSPS) is 30.4. The van der Waals surface area contributed by atoms with E-state index in [0.29, 0.717) is 30.1 Å². The van der Waals surface area contributed by atoms with Crippen molar-refractivity contribution in [3.05, 3.63) is 107 Å². The molecule has 0 saturated heterocycles. The van der Waals surface area contributed by atoms with E-state index >= 15 is 0 Å². The van der Waals surface area contributed by atoms with E-state index in [1.165, 1.54) is 47.2 Å². The molecule has 7 rings (SSSR count). The second-order valence-electron chi connectivity index (χ2n) is 11.3. The summed E-state index contributed by atoms with van der Waals surface area (Å²) in [6, 6.07) is 22.3. The van der Waals surface area contributed by atoms with Crippen molar-refractivity contribution in [2.24, 2.45) is 4.99 Å². The summed E-state index contributed by atoms with van der Waals surface area (Å²) in [7, 11) is 0. The molecule has 3 heteroatoms. The SMILES string of the molecule is C1=CC(NC2CCC=C(c3ccccc3)C2)C2c3ccccc3N(C3CC=C(C4=CC=NC4)CC3)C2C1. The molecule has 3 nitrogen and oxygen atoms in total. The summed E-state index contributed by atoms with van der Waals surface area (Å²) in [5.74, 6) is 0.517. The Morgan fingerprint density at radius 2 is 1.76 bits per heavy atom. The standard InChI is InChI=1S/C34H37N3/c1-2-8-24(9-3-1)26-10-6-11-28(22-26)36-31-13-7-15-33-34(31)30-12-4-5-14-32(30)37(33)29-18-16-25(17-19-29)27-20-21-35-23-27/h1-5,7-10,12-14,16,20-21,28-29,31,33-34,36H,6,11,15,17-19,22-23H2. The monoisotopic (exact) mass is 487 g/mol. The number of hydrogen-bond acceptors (Lipinski definition) is 3. The molecule has 5 aliphatic rings. The number of fused-ring (bicyclic) bond motifs is 3. The van der Waals surface area contributed by atoms with Gasteiger partial charge in [0.1, 0.15) is 0 Å². The van der Waals surface area contributed by atoms with Crippen LogP contribution in [0.25, 0.3) is 5.57 Å². The first-order valence-corrected chi connectivity index (χ1v) is 14.3. The van der Waals surface area contributed by atoms with Crippen LogP contribution in [-0.2, 0) is 0 Å². The second-order valence-corrected chi connectivity index (χ2v) is 11.3. The van der Waals surface area contributed by atoms with Gasteiger partial charge in [0.2, 0.25) is 0 Å².